The van der Waals surface area contributed by atoms with E-state index in [1.807, 2.05) is 51.1 Å². The number of benzene rings is 4. The van der Waals surface area contributed by atoms with Crippen molar-refractivity contribution < 1.29 is 19.0 Å². The number of amides is 1. The minimum atomic E-state index is -0.549. The van der Waals surface area contributed by atoms with E-state index in [0.717, 1.165) is 76.4 Å². The van der Waals surface area contributed by atoms with Gasteiger partial charge in [-0.15, -0.1) is 0 Å². The van der Waals surface area contributed by atoms with Gasteiger partial charge in [-0.3, -0.25) is 4.90 Å². The van der Waals surface area contributed by atoms with E-state index in [0.29, 0.717) is 24.1 Å². The predicted octanol–water partition coefficient (Wildman–Crippen LogP) is 8.15. The minimum Gasteiger partial charge on any atom is -0.493 e. The Morgan fingerprint density at radius 3 is 2.06 bits per heavy atom. The van der Waals surface area contributed by atoms with Crippen molar-refractivity contribution in [3.63, 3.8) is 0 Å². The molecule has 1 aliphatic rings. The Bertz CT molecular complexity index is 1950. The van der Waals surface area contributed by atoms with Crippen LogP contribution in [-0.4, -0.2) is 72.6 Å². The van der Waals surface area contributed by atoms with E-state index in [1.165, 1.54) is 5.69 Å². The number of anilines is 1. The van der Waals surface area contributed by atoms with E-state index >= 15 is 0 Å². The fourth-order valence-electron chi connectivity index (χ4n) is 6.56. The SMILES string of the molecule is COc1ccc(-c2nc3c(-c4ccc(CNC(=O)OC(C)(C)C)cc4)cc(-c4ccc(N5CCN(C(C)C)CC5)cc4)cc3n2C)cc1OC. The molecule has 9 heteroatoms. The van der Waals surface area contributed by atoms with Crippen molar-refractivity contribution in [2.24, 2.45) is 7.05 Å². The summed E-state index contributed by atoms with van der Waals surface area (Å²) >= 11 is 0. The zero-order chi connectivity index (χ0) is 35.6. The first-order valence-electron chi connectivity index (χ1n) is 17.3. The molecular formula is C41H49N5O4. The Labute approximate surface area is 295 Å². The number of aryl methyl sites for hydroxylation is 1. The first-order valence-corrected chi connectivity index (χ1v) is 17.3. The van der Waals surface area contributed by atoms with Crippen LogP contribution in [0.25, 0.3) is 44.7 Å². The van der Waals surface area contributed by atoms with Gasteiger partial charge in [0.1, 0.15) is 11.4 Å². The Hall–Kier alpha value is -5.02. The molecule has 0 atom stereocenters. The number of methoxy groups -OCH3 is 2. The van der Waals surface area contributed by atoms with Crippen LogP contribution in [0.5, 0.6) is 11.5 Å². The monoisotopic (exact) mass is 675 g/mol. The number of nitrogens with one attached hydrogen (secondary N) is 1. The lowest BCUT2D eigenvalue weighted by atomic mass is 9.96. The molecule has 1 aliphatic heterocycles. The summed E-state index contributed by atoms with van der Waals surface area (Å²) < 4.78 is 18.7. The maximum atomic E-state index is 12.3. The van der Waals surface area contributed by atoms with Crippen LogP contribution >= 0.6 is 0 Å². The number of imidazole rings is 1. The van der Waals surface area contributed by atoms with Crippen LogP contribution in [0.2, 0.25) is 0 Å². The number of aromatic nitrogens is 2. The third-order valence-corrected chi connectivity index (χ3v) is 9.34. The molecule has 6 rings (SSSR count). The number of carbonyl (C=O) groups excluding carboxylic acids is 1. The molecule has 1 fully saturated rings. The molecule has 0 bridgehead atoms. The standard InChI is InChI=1S/C41H49N5O4/c1-27(2)45-19-21-46(22-20-45)33-16-13-29(14-17-33)32-23-34(30-11-9-28(10-12-30)26-42-40(47)50-41(3,4)5)38-35(24-32)44(6)39(43-38)31-15-18-36(48-7)37(25-31)49-8/h9-18,23-25,27H,19-22,26H2,1-8H3,(H,42,47). The summed E-state index contributed by atoms with van der Waals surface area (Å²) in [6.45, 7) is 14.7. The van der Waals surface area contributed by atoms with E-state index in [-0.39, 0.29) is 0 Å². The van der Waals surface area contributed by atoms with Crippen molar-refractivity contribution >= 4 is 22.8 Å². The number of ether oxygens (including phenoxy) is 3. The second kappa shape index (κ2) is 14.5. The van der Waals surface area contributed by atoms with Gasteiger partial charge in [0.15, 0.2) is 11.5 Å². The van der Waals surface area contributed by atoms with E-state index in [4.69, 9.17) is 19.2 Å². The largest absolute Gasteiger partial charge is 0.493 e. The number of alkyl carbamates (subject to hydrolysis) is 1. The highest BCUT2D eigenvalue weighted by atomic mass is 16.6. The lowest BCUT2D eigenvalue weighted by molar-refractivity contribution is 0.0523. The number of hydrogen-bond acceptors (Lipinski definition) is 7. The van der Waals surface area contributed by atoms with Gasteiger partial charge in [0.05, 0.1) is 25.3 Å². The van der Waals surface area contributed by atoms with E-state index < -0.39 is 11.7 Å². The first-order chi connectivity index (χ1) is 23.9. The molecule has 0 aliphatic carbocycles. The average molecular weight is 676 g/mol. The van der Waals surface area contributed by atoms with E-state index in [1.54, 1.807) is 14.2 Å². The molecule has 1 N–H and O–H groups in total. The topological polar surface area (TPSA) is 81.1 Å². The quantitative estimate of drug-likeness (QED) is 0.169. The summed E-state index contributed by atoms with van der Waals surface area (Å²) in [5, 5.41) is 2.85. The number of fused-ring (bicyclic) bond motifs is 1. The minimum absolute atomic E-state index is 0.372. The molecule has 2 heterocycles. The number of carbonyl (C=O) groups is 1. The van der Waals surface area contributed by atoms with Gasteiger partial charge in [0, 0.05) is 62.6 Å². The molecule has 9 nitrogen and oxygen atoms in total. The molecule has 1 aromatic heterocycles. The fraction of sp³-hybridized carbons (Fsp3) is 0.366. The van der Waals surface area contributed by atoms with E-state index in [9.17, 15) is 4.79 Å². The molecule has 1 saturated heterocycles. The molecule has 262 valence electrons. The number of rotatable bonds is 9. The summed E-state index contributed by atoms with van der Waals surface area (Å²) in [5.74, 6) is 2.15. The summed E-state index contributed by atoms with van der Waals surface area (Å²) in [5.41, 5.74) is 8.85. The van der Waals surface area contributed by atoms with Gasteiger partial charge in [-0.2, -0.15) is 0 Å². The molecule has 4 aromatic carbocycles. The van der Waals surface area contributed by atoms with Crippen molar-refractivity contribution in [3.8, 4) is 45.1 Å². The van der Waals surface area contributed by atoms with Gasteiger partial charge in [0.25, 0.3) is 0 Å². The van der Waals surface area contributed by atoms with Crippen LogP contribution in [0.1, 0.15) is 40.2 Å². The van der Waals surface area contributed by atoms with Gasteiger partial charge in [-0.25, -0.2) is 9.78 Å². The van der Waals surface area contributed by atoms with Gasteiger partial charge in [0.2, 0.25) is 0 Å². The summed E-state index contributed by atoms with van der Waals surface area (Å²) in [7, 11) is 5.34. The smallest absolute Gasteiger partial charge is 0.407 e. The second-order valence-electron chi connectivity index (χ2n) is 14.2. The normalized spacial score (nSPS) is 13.9. The van der Waals surface area contributed by atoms with Crippen LogP contribution in [0.3, 0.4) is 0 Å². The Kier molecular flexibility index (Phi) is 10.1. The zero-order valence-electron chi connectivity index (χ0n) is 30.5. The summed E-state index contributed by atoms with van der Waals surface area (Å²) in [6, 6.07) is 28.1. The Morgan fingerprint density at radius 1 is 0.800 bits per heavy atom. The van der Waals surface area contributed by atoms with Crippen molar-refractivity contribution in [1.29, 1.82) is 0 Å². The third-order valence-electron chi connectivity index (χ3n) is 9.34. The second-order valence-corrected chi connectivity index (χ2v) is 14.2. The molecule has 50 heavy (non-hydrogen) atoms. The Balaban J connectivity index is 1.36. The van der Waals surface area contributed by atoms with Crippen LogP contribution in [-0.2, 0) is 18.3 Å². The van der Waals surface area contributed by atoms with Gasteiger partial charge in [-0.05, 0) is 99.3 Å². The van der Waals surface area contributed by atoms with Crippen LogP contribution in [0, 0.1) is 0 Å². The third kappa shape index (κ3) is 7.58. The molecule has 0 saturated carbocycles. The molecule has 5 aromatic rings. The van der Waals surface area contributed by atoms with Crippen molar-refractivity contribution in [2.75, 3.05) is 45.3 Å². The maximum absolute atomic E-state index is 12.3. The van der Waals surface area contributed by atoms with Gasteiger partial charge < -0.3 is 29.0 Å². The number of nitrogens with zero attached hydrogens (tertiary/aromatic N) is 4. The highest BCUT2D eigenvalue weighted by Gasteiger charge is 2.21. The molecule has 1 amide bonds. The number of piperazine rings is 1. The van der Waals surface area contributed by atoms with Gasteiger partial charge in [-0.1, -0.05) is 36.4 Å². The molecule has 0 spiro atoms. The summed E-state index contributed by atoms with van der Waals surface area (Å²) in [6.07, 6.45) is -0.434. The Morgan fingerprint density at radius 2 is 1.44 bits per heavy atom. The van der Waals surface area contributed by atoms with Gasteiger partial charge >= 0.3 is 6.09 Å². The van der Waals surface area contributed by atoms with E-state index in [2.05, 4.69) is 89.1 Å². The zero-order valence-corrected chi connectivity index (χ0v) is 30.5. The summed E-state index contributed by atoms with van der Waals surface area (Å²) in [4.78, 5) is 22.5. The maximum Gasteiger partial charge on any atom is 0.407 e. The lowest BCUT2D eigenvalue weighted by Gasteiger charge is -2.38. The molecular weight excluding hydrogens is 626 g/mol. The van der Waals surface area contributed by atoms with Crippen LogP contribution < -0.4 is 19.7 Å². The predicted molar refractivity (Wildman–Crippen MR) is 202 cm³/mol. The van der Waals surface area contributed by atoms with Crippen molar-refractivity contribution in [1.82, 2.24) is 19.8 Å². The highest BCUT2D eigenvalue weighted by Crippen LogP contribution is 2.38. The van der Waals surface area contributed by atoms with Crippen LogP contribution in [0.15, 0.2) is 78.9 Å². The van der Waals surface area contributed by atoms with Crippen molar-refractivity contribution in [3.05, 3.63) is 84.4 Å². The van der Waals surface area contributed by atoms with Crippen molar-refractivity contribution in [2.45, 2.75) is 52.8 Å². The molecule has 0 unspecified atom stereocenters. The number of hydrogen-bond donors (Lipinski definition) is 1. The van der Waals surface area contributed by atoms with Crippen LogP contribution in [0.4, 0.5) is 10.5 Å². The average Bonchev–Trinajstić information content (AvgIpc) is 3.45. The first kappa shape index (κ1) is 34.8. The highest BCUT2D eigenvalue weighted by molar-refractivity contribution is 5.98. The molecule has 0 radical (unpaired) electrons. The lowest BCUT2D eigenvalue weighted by Crippen LogP contribution is -2.48. The fourth-order valence-corrected chi connectivity index (χ4v) is 6.56.